The van der Waals surface area contributed by atoms with Crippen LogP contribution in [0.3, 0.4) is 0 Å². The number of carbonyl (C=O) groups excluding carboxylic acids is 1. The molecule has 0 unspecified atom stereocenters. The van der Waals surface area contributed by atoms with Crippen LogP contribution in [0.4, 0.5) is 13.2 Å². The number of fused-ring (bicyclic) bond motifs is 1. The van der Waals surface area contributed by atoms with Crippen LogP contribution in [0, 0.1) is 0 Å². The molecule has 43 heavy (non-hydrogen) atoms. The van der Waals surface area contributed by atoms with E-state index in [9.17, 15) is 26.4 Å². The number of sulfonamides is 1. The van der Waals surface area contributed by atoms with Gasteiger partial charge in [-0.15, -0.1) is 0 Å². The van der Waals surface area contributed by atoms with Crippen LogP contribution in [0.15, 0.2) is 77.7 Å². The number of amides is 1. The Labute approximate surface area is 251 Å². The standard InChI is InChI=1S/C33H38F3N3O3S/c1-38(43(41,42)28-14-9-13-27(21-28)33(34,35)36)31(25-10-4-2-5-11-25)22-32(40)37-30-15-8-12-26-20-24(16-17-29(26)30)23-39-18-6-3-7-19-39/h2,4-5,9-11,13-14,16-17,20-21,30-31H,3,6-8,12,15,18-19,22-23H2,1H3,(H,37,40)/t30-,31-/m1/s1. The first-order chi connectivity index (χ1) is 20.5. The molecule has 5 rings (SSSR count). The summed E-state index contributed by atoms with van der Waals surface area (Å²) in [5.74, 6) is -0.324. The molecule has 2 aliphatic rings. The third kappa shape index (κ3) is 7.48. The predicted molar refractivity (Wildman–Crippen MR) is 160 cm³/mol. The molecule has 1 saturated heterocycles. The van der Waals surface area contributed by atoms with Crippen LogP contribution in [-0.4, -0.2) is 43.7 Å². The Balaban J connectivity index is 1.34. The molecule has 2 atom stereocenters. The summed E-state index contributed by atoms with van der Waals surface area (Å²) in [5.41, 5.74) is 3.12. The van der Waals surface area contributed by atoms with Gasteiger partial charge in [0, 0.05) is 20.0 Å². The van der Waals surface area contributed by atoms with E-state index in [-0.39, 0.29) is 18.4 Å². The van der Waals surface area contributed by atoms with Crippen LogP contribution >= 0.6 is 0 Å². The van der Waals surface area contributed by atoms with Crippen molar-refractivity contribution >= 4 is 15.9 Å². The van der Waals surface area contributed by atoms with Gasteiger partial charge in [-0.25, -0.2) is 8.42 Å². The average Bonchev–Trinajstić information content (AvgIpc) is 3.00. The second-order valence-electron chi connectivity index (χ2n) is 11.6. The molecule has 0 spiro atoms. The number of carbonyl (C=O) groups is 1. The Morgan fingerprint density at radius 2 is 1.72 bits per heavy atom. The molecule has 0 saturated carbocycles. The maximum atomic E-state index is 13.6. The summed E-state index contributed by atoms with van der Waals surface area (Å²) in [6.45, 7) is 3.17. The Bertz CT molecular complexity index is 1520. The quantitative estimate of drug-likeness (QED) is 0.294. The summed E-state index contributed by atoms with van der Waals surface area (Å²) in [5, 5.41) is 3.13. The second-order valence-corrected chi connectivity index (χ2v) is 13.6. The molecular formula is C33H38F3N3O3S. The first-order valence-electron chi connectivity index (χ1n) is 14.9. The third-order valence-electron chi connectivity index (χ3n) is 8.55. The van der Waals surface area contributed by atoms with Crippen molar-refractivity contribution in [3.05, 3.63) is 101 Å². The Morgan fingerprint density at radius 3 is 2.44 bits per heavy atom. The molecule has 1 fully saturated rings. The van der Waals surface area contributed by atoms with E-state index in [0.717, 1.165) is 67.0 Å². The van der Waals surface area contributed by atoms with E-state index in [0.29, 0.717) is 11.6 Å². The molecule has 1 aliphatic carbocycles. The number of halogens is 3. The van der Waals surface area contributed by atoms with Crippen molar-refractivity contribution in [3.63, 3.8) is 0 Å². The molecule has 1 aliphatic heterocycles. The molecule has 1 N–H and O–H groups in total. The maximum absolute atomic E-state index is 13.6. The molecule has 10 heteroatoms. The molecule has 1 heterocycles. The number of nitrogens with zero attached hydrogens (tertiary/aromatic N) is 2. The van der Waals surface area contributed by atoms with E-state index in [1.807, 2.05) is 0 Å². The van der Waals surface area contributed by atoms with Gasteiger partial charge in [0.15, 0.2) is 0 Å². The lowest BCUT2D eigenvalue weighted by Gasteiger charge is -2.31. The fourth-order valence-electron chi connectivity index (χ4n) is 6.22. The molecule has 1 amide bonds. The van der Waals surface area contributed by atoms with E-state index in [2.05, 4.69) is 28.4 Å². The van der Waals surface area contributed by atoms with Crippen molar-refractivity contribution in [1.29, 1.82) is 0 Å². The van der Waals surface area contributed by atoms with Crippen LogP contribution in [0.2, 0.25) is 0 Å². The zero-order valence-electron chi connectivity index (χ0n) is 24.3. The fourth-order valence-corrected chi connectivity index (χ4v) is 7.61. The molecule has 3 aromatic carbocycles. The zero-order valence-corrected chi connectivity index (χ0v) is 25.1. The van der Waals surface area contributed by atoms with Crippen molar-refractivity contribution in [2.45, 2.75) is 74.6 Å². The van der Waals surface area contributed by atoms with Crippen LogP contribution in [0.5, 0.6) is 0 Å². The van der Waals surface area contributed by atoms with Gasteiger partial charge in [0.25, 0.3) is 0 Å². The number of aryl methyl sites for hydroxylation is 1. The van der Waals surface area contributed by atoms with Crippen molar-refractivity contribution in [2.24, 2.45) is 0 Å². The topological polar surface area (TPSA) is 69.7 Å². The summed E-state index contributed by atoms with van der Waals surface area (Å²) >= 11 is 0. The fraction of sp³-hybridized carbons (Fsp3) is 0.424. The summed E-state index contributed by atoms with van der Waals surface area (Å²) in [6, 6.07) is 17.8. The molecule has 0 radical (unpaired) electrons. The average molecular weight is 614 g/mol. The molecule has 230 valence electrons. The first kappa shape index (κ1) is 31.2. The minimum atomic E-state index is -4.69. The first-order valence-corrected chi connectivity index (χ1v) is 16.3. The highest BCUT2D eigenvalue weighted by atomic mass is 32.2. The van der Waals surface area contributed by atoms with Crippen molar-refractivity contribution < 1.29 is 26.4 Å². The SMILES string of the molecule is CN([C@H](CC(=O)N[C@@H]1CCCc2cc(CN3CCCCC3)ccc21)c1ccccc1)S(=O)(=O)c1cccc(C(F)(F)F)c1. The molecule has 0 aromatic heterocycles. The second kappa shape index (κ2) is 13.2. The van der Waals surface area contributed by atoms with Gasteiger partial charge in [-0.1, -0.05) is 61.0 Å². The number of hydrogen-bond donors (Lipinski definition) is 1. The third-order valence-corrected chi connectivity index (χ3v) is 10.4. The van der Waals surface area contributed by atoms with Gasteiger partial charge in [-0.05, 0) is 85.6 Å². The molecular weight excluding hydrogens is 575 g/mol. The van der Waals surface area contributed by atoms with E-state index in [1.165, 1.54) is 37.4 Å². The smallest absolute Gasteiger partial charge is 0.349 e. The number of benzene rings is 3. The van der Waals surface area contributed by atoms with Crippen molar-refractivity contribution in [2.75, 3.05) is 20.1 Å². The lowest BCUT2D eigenvalue weighted by molar-refractivity contribution is -0.137. The van der Waals surface area contributed by atoms with E-state index in [4.69, 9.17) is 0 Å². The maximum Gasteiger partial charge on any atom is 0.416 e. The number of rotatable bonds is 9. The van der Waals surface area contributed by atoms with Crippen molar-refractivity contribution in [1.82, 2.24) is 14.5 Å². The highest BCUT2D eigenvalue weighted by Gasteiger charge is 2.35. The van der Waals surface area contributed by atoms with Crippen LogP contribution in [0.25, 0.3) is 0 Å². The summed E-state index contributed by atoms with van der Waals surface area (Å²) in [6.07, 6.45) is 1.54. The number of piperidine rings is 1. The lowest BCUT2D eigenvalue weighted by Crippen LogP contribution is -2.37. The van der Waals surface area contributed by atoms with E-state index in [1.54, 1.807) is 30.3 Å². The number of nitrogens with one attached hydrogen (secondary N) is 1. The van der Waals surface area contributed by atoms with Crippen LogP contribution in [0.1, 0.15) is 78.4 Å². The van der Waals surface area contributed by atoms with Gasteiger partial charge in [0.05, 0.1) is 22.5 Å². The van der Waals surface area contributed by atoms with Crippen LogP contribution < -0.4 is 5.32 Å². The summed E-state index contributed by atoms with van der Waals surface area (Å²) < 4.78 is 68.2. The summed E-state index contributed by atoms with van der Waals surface area (Å²) in [4.78, 5) is 15.5. The van der Waals surface area contributed by atoms with E-state index < -0.39 is 32.7 Å². The van der Waals surface area contributed by atoms with Gasteiger partial charge in [-0.2, -0.15) is 17.5 Å². The van der Waals surface area contributed by atoms with Gasteiger partial charge >= 0.3 is 6.18 Å². The summed E-state index contributed by atoms with van der Waals surface area (Å²) in [7, 11) is -3.06. The normalized spacial score (nSPS) is 18.7. The van der Waals surface area contributed by atoms with Gasteiger partial charge in [0.1, 0.15) is 0 Å². The lowest BCUT2D eigenvalue weighted by atomic mass is 9.86. The Kier molecular flexibility index (Phi) is 9.58. The molecule has 3 aromatic rings. The minimum Gasteiger partial charge on any atom is -0.349 e. The minimum absolute atomic E-state index is 0.183. The number of hydrogen-bond acceptors (Lipinski definition) is 4. The van der Waals surface area contributed by atoms with Gasteiger partial charge in [-0.3, -0.25) is 9.69 Å². The molecule has 6 nitrogen and oxygen atoms in total. The van der Waals surface area contributed by atoms with E-state index >= 15 is 0 Å². The predicted octanol–water partition coefficient (Wildman–Crippen LogP) is 6.64. The highest BCUT2D eigenvalue weighted by molar-refractivity contribution is 7.89. The van der Waals surface area contributed by atoms with Crippen LogP contribution in [-0.2, 0) is 34.0 Å². The Hall–Kier alpha value is -3.21. The number of likely N-dealkylation sites (tertiary alicyclic amines) is 1. The monoisotopic (exact) mass is 613 g/mol. The Morgan fingerprint density at radius 1 is 0.977 bits per heavy atom. The highest BCUT2D eigenvalue weighted by Crippen LogP contribution is 2.35. The van der Waals surface area contributed by atoms with Gasteiger partial charge < -0.3 is 5.32 Å². The van der Waals surface area contributed by atoms with Gasteiger partial charge in [0.2, 0.25) is 15.9 Å². The van der Waals surface area contributed by atoms with Crippen molar-refractivity contribution in [3.8, 4) is 0 Å². The number of alkyl halides is 3. The zero-order chi connectivity index (χ0) is 30.6. The molecule has 0 bridgehead atoms. The largest absolute Gasteiger partial charge is 0.416 e.